The molecule has 1 aliphatic heterocycles. The molecule has 1 aliphatic rings. The van der Waals surface area contributed by atoms with E-state index in [1.165, 1.54) is 0 Å². The number of hydrogen-bond donors (Lipinski definition) is 0. The van der Waals surface area contributed by atoms with E-state index in [1.807, 2.05) is 16.2 Å². The smallest absolute Gasteiger partial charge is 0.149 e. The lowest BCUT2D eigenvalue weighted by Crippen LogP contribution is -2.19. The Kier molecular flexibility index (Phi) is 3.79. The lowest BCUT2D eigenvalue weighted by atomic mass is 10.1. The monoisotopic (exact) mass is 264 g/mol. The second-order valence-corrected chi connectivity index (χ2v) is 3.01. The predicted molar refractivity (Wildman–Crippen MR) is 51.7 cm³/mol. The second kappa shape index (κ2) is 4.66. The van der Waals surface area contributed by atoms with Crippen LogP contribution in [-0.2, 0) is 9.53 Å². The first-order valence-electron chi connectivity index (χ1n) is 3.39. The Morgan fingerprint density at radius 2 is 2.55 bits per heavy atom. The molecule has 1 atom stereocenters. The molecule has 0 N–H and O–H groups in total. The van der Waals surface area contributed by atoms with Gasteiger partial charge in [0.05, 0.1) is 6.61 Å². The molecule has 11 heavy (non-hydrogen) atoms. The molecule has 2 nitrogen and oxygen atoms in total. The number of aldehydes is 1. The summed E-state index contributed by atoms with van der Waals surface area (Å²) in [4.78, 5) is 10.3. The Morgan fingerprint density at radius 1 is 1.73 bits per heavy atom. The fourth-order valence-corrected chi connectivity index (χ4v) is 1.35. The van der Waals surface area contributed by atoms with E-state index in [0.29, 0.717) is 13.0 Å². The molecule has 60 valence electrons. The molecular formula is C8H9IO2. The summed E-state index contributed by atoms with van der Waals surface area (Å²) in [6.07, 6.45) is 5.36. The fourth-order valence-electron chi connectivity index (χ4n) is 0.890. The van der Waals surface area contributed by atoms with E-state index >= 15 is 0 Å². The fraction of sp³-hybridized carbons (Fsp3) is 0.375. The summed E-state index contributed by atoms with van der Waals surface area (Å²) in [5, 5.41) is 0. The summed E-state index contributed by atoms with van der Waals surface area (Å²) in [5.74, 6) is 0. The van der Waals surface area contributed by atoms with Gasteiger partial charge < -0.3 is 9.53 Å². The van der Waals surface area contributed by atoms with Crippen molar-refractivity contribution in [1.29, 1.82) is 0 Å². The van der Waals surface area contributed by atoms with Gasteiger partial charge in [-0.2, -0.15) is 0 Å². The van der Waals surface area contributed by atoms with E-state index in [-0.39, 0.29) is 6.10 Å². The quantitative estimate of drug-likeness (QED) is 0.562. The van der Waals surface area contributed by atoms with E-state index in [9.17, 15) is 4.79 Å². The van der Waals surface area contributed by atoms with Crippen LogP contribution in [0.15, 0.2) is 21.8 Å². The highest BCUT2D eigenvalue weighted by Gasteiger charge is 2.11. The van der Waals surface area contributed by atoms with Crippen LogP contribution in [0.5, 0.6) is 0 Å². The molecule has 0 aromatic heterocycles. The molecule has 1 unspecified atom stereocenters. The van der Waals surface area contributed by atoms with Crippen molar-refractivity contribution in [1.82, 2.24) is 0 Å². The van der Waals surface area contributed by atoms with Crippen LogP contribution in [0, 0.1) is 0 Å². The van der Waals surface area contributed by atoms with Gasteiger partial charge in [0.2, 0.25) is 0 Å². The molecule has 0 aromatic rings. The van der Waals surface area contributed by atoms with Crippen molar-refractivity contribution in [3.63, 3.8) is 0 Å². The predicted octanol–water partition coefficient (Wildman–Crippen LogP) is 1.85. The average molecular weight is 264 g/mol. The average Bonchev–Trinajstić information content (AvgIpc) is 2.07. The minimum Gasteiger partial charge on any atom is -0.366 e. The third-order valence-electron chi connectivity index (χ3n) is 1.51. The maximum absolute atomic E-state index is 10.3. The highest BCUT2D eigenvalue weighted by atomic mass is 127. The van der Waals surface area contributed by atoms with Gasteiger partial charge in [-0.1, -0.05) is 34.7 Å². The van der Waals surface area contributed by atoms with Crippen molar-refractivity contribution in [2.75, 3.05) is 6.61 Å². The van der Waals surface area contributed by atoms with Crippen LogP contribution in [-0.4, -0.2) is 19.0 Å². The van der Waals surface area contributed by atoms with E-state index in [1.54, 1.807) is 0 Å². The zero-order valence-electron chi connectivity index (χ0n) is 6.00. The maximum Gasteiger partial charge on any atom is 0.149 e. The van der Waals surface area contributed by atoms with Crippen LogP contribution < -0.4 is 0 Å². The molecule has 0 radical (unpaired) electrons. The summed E-state index contributed by atoms with van der Waals surface area (Å²) in [5.41, 5.74) is 1.15. The standard InChI is InChI=1S/C8H9IO2/c9-4-3-7-1-2-8(5-10)11-6-7/h1,3-5,8H,2,6H2. The Morgan fingerprint density at radius 3 is 3.00 bits per heavy atom. The topological polar surface area (TPSA) is 26.3 Å². The van der Waals surface area contributed by atoms with E-state index in [0.717, 1.165) is 11.9 Å². The Bertz CT molecular complexity index is 196. The lowest BCUT2D eigenvalue weighted by molar-refractivity contribution is -0.117. The highest BCUT2D eigenvalue weighted by Crippen LogP contribution is 2.12. The first-order valence-corrected chi connectivity index (χ1v) is 4.64. The maximum atomic E-state index is 10.3. The van der Waals surface area contributed by atoms with Gasteiger partial charge in [0, 0.05) is 0 Å². The number of carbonyl (C=O) groups excluding carboxylic acids is 1. The summed E-state index contributed by atoms with van der Waals surface area (Å²) < 4.78 is 7.14. The van der Waals surface area contributed by atoms with Gasteiger partial charge in [0.1, 0.15) is 12.4 Å². The molecule has 1 rings (SSSR count). The van der Waals surface area contributed by atoms with Crippen LogP contribution in [0.1, 0.15) is 6.42 Å². The summed E-state index contributed by atoms with van der Waals surface area (Å²) in [6, 6.07) is 0. The summed E-state index contributed by atoms with van der Waals surface area (Å²) >= 11 is 2.16. The first-order chi connectivity index (χ1) is 5.36. The summed E-state index contributed by atoms with van der Waals surface area (Å²) in [7, 11) is 0. The van der Waals surface area contributed by atoms with Crippen molar-refractivity contribution in [2.24, 2.45) is 0 Å². The number of ether oxygens (including phenoxy) is 1. The van der Waals surface area contributed by atoms with Crippen LogP contribution >= 0.6 is 22.6 Å². The third kappa shape index (κ3) is 2.75. The number of halogens is 1. The first kappa shape index (κ1) is 8.93. The molecule has 3 heteroatoms. The largest absolute Gasteiger partial charge is 0.366 e. The third-order valence-corrected chi connectivity index (χ3v) is 1.86. The van der Waals surface area contributed by atoms with Crippen molar-refractivity contribution < 1.29 is 9.53 Å². The van der Waals surface area contributed by atoms with Gasteiger partial charge in [-0.25, -0.2) is 0 Å². The number of hydrogen-bond acceptors (Lipinski definition) is 2. The van der Waals surface area contributed by atoms with Gasteiger partial charge in [0.15, 0.2) is 0 Å². The molecule has 0 aromatic carbocycles. The molecule has 0 spiro atoms. The number of rotatable bonds is 2. The normalized spacial score (nSPS) is 25.2. The van der Waals surface area contributed by atoms with Crippen LogP contribution in [0.25, 0.3) is 0 Å². The van der Waals surface area contributed by atoms with Crippen LogP contribution in [0.4, 0.5) is 0 Å². The van der Waals surface area contributed by atoms with E-state index < -0.39 is 0 Å². The molecule has 0 fully saturated rings. The highest BCUT2D eigenvalue weighted by molar-refractivity contribution is 14.1. The molecule has 0 bridgehead atoms. The summed E-state index contributed by atoms with van der Waals surface area (Å²) in [6.45, 7) is 0.558. The molecule has 0 saturated carbocycles. The molecule has 0 aliphatic carbocycles. The van der Waals surface area contributed by atoms with Gasteiger partial charge in [0.25, 0.3) is 0 Å². The zero-order chi connectivity index (χ0) is 8.10. The second-order valence-electron chi connectivity index (χ2n) is 2.29. The lowest BCUT2D eigenvalue weighted by Gasteiger charge is -2.15. The molecule has 1 heterocycles. The van der Waals surface area contributed by atoms with Crippen molar-refractivity contribution in [2.45, 2.75) is 12.5 Å². The van der Waals surface area contributed by atoms with Crippen LogP contribution in [0.2, 0.25) is 0 Å². The van der Waals surface area contributed by atoms with Crippen molar-refractivity contribution in [3.8, 4) is 0 Å². The van der Waals surface area contributed by atoms with E-state index in [4.69, 9.17) is 4.74 Å². The molecular weight excluding hydrogens is 255 g/mol. The van der Waals surface area contributed by atoms with Crippen molar-refractivity contribution >= 4 is 28.9 Å². The van der Waals surface area contributed by atoms with Crippen molar-refractivity contribution in [3.05, 3.63) is 21.8 Å². The van der Waals surface area contributed by atoms with Crippen LogP contribution in [0.3, 0.4) is 0 Å². The molecule has 0 amide bonds. The Hall–Kier alpha value is -0.160. The zero-order valence-corrected chi connectivity index (χ0v) is 8.15. The minimum absolute atomic E-state index is 0.221. The van der Waals surface area contributed by atoms with Gasteiger partial charge in [-0.3, -0.25) is 0 Å². The SMILES string of the molecule is O=CC1CC=C(C=CI)CO1. The van der Waals surface area contributed by atoms with E-state index in [2.05, 4.69) is 22.6 Å². The van der Waals surface area contributed by atoms with Gasteiger partial charge in [-0.05, 0) is 16.1 Å². The molecule has 0 saturated heterocycles. The minimum atomic E-state index is -0.221. The Balaban J connectivity index is 2.49. The van der Waals surface area contributed by atoms with Gasteiger partial charge >= 0.3 is 0 Å². The Labute approximate surface area is 79.4 Å². The van der Waals surface area contributed by atoms with Gasteiger partial charge in [-0.15, -0.1) is 0 Å². The number of carbonyl (C=O) groups is 1.